The molecule has 60 heavy (non-hydrogen) atoms. The number of hydrogen-bond acceptors (Lipinski definition) is 14. The highest BCUT2D eigenvalue weighted by molar-refractivity contribution is 5.94. The van der Waals surface area contributed by atoms with Crippen molar-refractivity contribution in [3.05, 3.63) is 82.9 Å². The average molecular weight is 836 g/mol. The molecule has 4 aliphatic rings. The number of aliphatic hydroxyl groups excluding tert-OH is 1. The Balaban J connectivity index is 1.52. The molecule has 3 N–H and O–H groups in total. The highest BCUT2D eigenvalue weighted by atomic mass is 16.6. The van der Waals surface area contributed by atoms with Crippen LogP contribution < -0.4 is 5.32 Å². The number of Topliss-reactive ketones (excluding diaryl/α,β-unsaturated/α-hetero) is 1. The van der Waals surface area contributed by atoms with Crippen LogP contribution in [-0.2, 0) is 47.5 Å². The average Bonchev–Trinajstić information content (AvgIpc) is 3.18. The SMILES string of the molecule is CO[C@H]1C(=O)[C@@]2(C)[C@H]([C@@H](OC(=O)c3ccccc3)[C@@]3(O)C[C@H](OC(=O)[C@H](O)[C@@H](NC(=O)OC(C)(C)C)c4ccccc4)C(C)=C1C3(C)C)[C@]1(OC(C)=O)CO[C@@H]1C[C@H]2OC. The third kappa shape index (κ3) is 7.52. The van der Waals surface area contributed by atoms with Crippen LogP contribution in [0.4, 0.5) is 4.79 Å². The standard InChI is InChI=1S/C45H57NO14/c1-24-28(57-39(51)33(48)32(26-17-13-11-14-18-26)46-40(52)60-41(3,4)5)22-45(53)37(58-38(50)27-19-15-12-16-20-27)35-43(8,36(49)34(55-10)31(24)42(45,6)7)29(54-9)21-30-44(35,23-56-30)59-25(2)47/h11-20,28-30,32-35,37,48,53H,21-23H2,1-10H3,(H,46,52)/t28-,29+,30+,32-,33+,34+,35-,37+,43+,44-,45-/m0/s1. The highest BCUT2D eigenvalue weighted by Crippen LogP contribution is 2.64. The molecule has 1 heterocycles. The zero-order valence-corrected chi connectivity index (χ0v) is 35.8. The van der Waals surface area contributed by atoms with Crippen LogP contribution in [0.5, 0.6) is 0 Å². The summed E-state index contributed by atoms with van der Waals surface area (Å²) in [5.41, 5.74) is -6.72. The van der Waals surface area contributed by atoms with Crippen LogP contribution in [0.3, 0.4) is 0 Å². The summed E-state index contributed by atoms with van der Waals surface area (Å²) in [6.45, 7) is 12.7. The number of amides is 1. The van der Waals surface area contributed by atoms with Crippen LogP contribution in [0.1, 0.15) is 90.2 Å². The summed E-state index contributed by atoms with van der Waals surface area (Å²) < 4.78 is 42.4. The molecule has 2 aromatic carbocycles. The van der Waals surface area contributed by atoms with Gasteiger partial charge in [0.1, 0.15) is 35.6 Å². The largest absolute Gasteiger partial charge is 0.456 e. The molecule has 2 bridgehead atoms. The Bertz CT molecular complexity index is 2010. The number of carbonyl (C=O) groups excluding carboxylic acids is 5. The van der Waals surface area contributed by atoms with Crippen LogP contribution in [0, 0.1) is 16.7 Å². The van der Waals surface area contributed by atoms with Gasteiger partial charge in [-0.3, -0.25) is 9.59 Å². The van der Waals surface area contributed by atoms with E-state index in [2.05, 4.69) is 5.32 Å². The van der Waals surface area contributed by atoms with Crippen molar-refractivity contribution in [3.8, 4) is 0 Å². The lowest BCUT2D eigenvalue weighted by atomic mass is 9.44. The normalized spacial score (nSPS) is 33.0. The first kappa shape index (κ1) is 44.9. The van der Waals surface area contributed by atoms with Crippen molar-refractivity contribution >= 4 is 29.8 Å². The van der Waals surface area contributed by atoms with Gasteiger partial charge in [-0.25, -0.2) is 14.4 Å². The molecule has 11 atom stereocenters. The third-order valence-electron chi connectivity index (χ3n) is 13.0. The number of nitrogens with one attached hydrogen (secondary N) is 1. The van der Waals surface area contributed by atoms with Gasteiger partial charge in [0.25, 0.3) is 0 Å². The maximum Gasteiger partial charge on any atom is 0.408 e. The van der Waals surface area contributed by atoms with Gasteiger partial charge < -0.3 is 48.7 Å². The zero-order valence-electron chi connectivity index (χ0n) is 35.8. The monoisotopic (exact) mass is 835 g/mol. The Morgan fingerprint density at radius 1 is 0.933 bits per heavy atom. The number of fused-ring (bicyclic) bond motifs is 5. The molecule has 1 saturated heterocycles. The number of carbonyl (C=O) groups is 5. The minimum atomic E-state index is -2.22. The molecule has 15 nitrogen and oxygen atoms in total. The van der Waals surface area contributed by atoms with Crippen molar-refractivity contribution in [2.45, 2.75) is 128 Å². The number of aliphatic hydroxyl groups is 2. The van der Waals surface area contributed by atoms with E-state index in [0.29, 0.717) is 11.1 Å². The summed E-state index contributed by atoms with van der Waals surface area (Å²) in [6.07, 6.45) is -9.31. The minimum absolute atomic E-state index is 0.121. The molecule has 0 unspecified atom stereocenters. The number of alkyl carbamates (subject to hydrolysis) is 1. The first-order valence-corrected chi connectivity index (χ1v) is 20.1. The van der Waals surface area contributed by atoms with E-state index in [1.807, 2.05) is 0 Å². The Kier molecular flexibility index (Phi) is 12.2. The van der Waals surface area contributed by atoms with Gasteiger partial charge in [-0.2, -0.15) is 0 Å². The second-order valence-electron chi connectivity index (χ2n) is 18.0. The first-order valence-electron chi connectivity index (χ1n) is 20.1. The number of ether oxygens (including phenoxy) is 7. The van der Waals surface area contributed by atoms with Crippen LogP contribution in [0.2, 0.25) is 0 Å². The summed E-state index contributed by atoms with van der Waals surface area (Å²) in [5, 5.41) is 28.0. The smallest absolute Gasteiger partial charge is 0.408 e. The second kappa shape index (κ2) is 16.3. The molecule has 3 fully saturated rings. The van der Waals surface area contributed by atoms with Crippen molar-refractivity contribution in [3.63, 3.8) is 0 Å². The summed E-state index contributed by atoms with van der Waals surface area (Å²) >= 11 is 0. The number of ketones is 1. The lowest BCUT2D eigenvalue weighted by molar-refractivity contribution is -0.347. The predicted molar refractivity (Wildman–Crippen MR) is 213 cm³/mol. The first-order chi connectivity index (χ1) is 28.1. The molecule has 0 aromatic heterocycles. The van der Waals surface area contributed by atoms with Gasteiger partial charge in [0.05, 0.1) is 35.6 Å². The Labute approximate surface area is 350 Å². The summed E-state index contributed by atoms with van der Waals surface area (Å²) in [6, 6.07) is 15.1. The van der Waals surface area contributed by atoms with Gasteiger partial charge in [0.2, 0.25) is 0 Å². The molecular formula is C45H57NO14. The molecule has 1 amide bonds. The van der Waals surface area contributed by atoms with Gasteiger partial charge in [-0.15, -0.1) is 0 Å². The quantitative estimate of drug-likeness (QED) is 0.171. The van der Waals surface area contributed by atoms with Crippen LogP contribution >= 0.6 is 0 Å². The van der Waals surface area contributed by atoms with Gasteiger partial charge >= 0.3 is 24.0 Å². The van der Waals surface area contributed by atoms with E-state index in [0.717, 1.165) is 0 Å². The maximum atomic E-state index is 15.5. The third-order valence-corrected chi connectivity index (χ3v) is 13.0. The minimum Gasteiger partial charge on any atom is -0.456 e. The Morgan fingerprint density at radius 2 is 1.55 bits per heavy atom. The molecular weight excluding hydrogens is 778 g/mol. The number of benzene rings is 2. The molecule has 2 aromatic rings. The fraction of sp³-hybridized carbons (Fsp3) is 0.578. The fourth-order valence-electron chi connectivity index (χ4n) is 10.1. The summed E-state index contributed by atoms with van der Waals surface area (Å²) in [4.78, 5) is 70.1. The number of rotatable bonds is 10. The molecule has 3 aliphatic carbocycles. The van der Waals surface area contributed by atoms with E-state index >= 15 is 4.79 Å². The summed E-state index contributed by atoms with van der Waals surface area (Å²) in [7, 11) is 2.78. The predicted octanol–water partition coefficient (Wildman–Crippen LogP) is 4.57. The maximum absolute atomic E-state index is 15.5. The number of hydrogen-bond donors (Lipinski definition) is 3. The highest BCUT2D eigenvalue weighted by Gasteiger charge is 2.78. The molecule has 2 saturated carbocycles. The summed E-state index contributed by atoms with van der Waals surface area (Å²) in [5.74, 6) is -4.52. The molecule has 326 valence electrons. The number of methoxy groups -OCH3 is 2. The topological polar surface area (TPSA) is 202 Å². The molecule has 0 radical (unpaired) electrons. The molecule has 1 aliphatic heterocycles. The van der Waals surface area contributed by atoms with Crippen molar-refractivity contribution in [1.29, 1.82) is 0 Å². The number of esters is 3. The van der Waals surface area contributed by atoms with E-state index in [9.17, 15) is 29.4 Å². The van der Waals surface area contributed by atoms with Crippen LogP contribution in [0.25, 0.3) is 0 Å². The van der Waals surface area contributed by atoms with Crippen molar-refractivity contribution in [2.24, 2.45) is 16.7 Å². The molecule has 15 heteroatoms. The van der Waals surface area contributed by atoms with E-state index in [1.165, 1.54) is 21.1 Å². The fourth-order valence-corrected chi connectivity index (χ4v) is 10.1. The zero-order chi connectivity index (χ0) is 44.2. The van der Waals surface area contributed by atoms with Crippen molar-refractivity contribution < 1.29 is 67.3 Å². The van der Waals surface area contributed by atoms with E-state index < -0.39 is 112 Å². The lowest BCUT2D eigenvalue weighted by Crippen LogP contribution is -2.82. The second-order valence-corrected chi connectivity index (χ2v) is 18.0. The van der Waals surface area contributed by atoms with Crippen LogP contribution in [0.15, 0.2) is 71.8 Å². The van der Waals surface area contributed by atoms with Gasteiger partial charge in [-0.1, -0.05) is 62.4 Å². The molecule has 0 spiro atoms. The van der Waals surface area contributed by atoms with Gasteiger partial charge in [0.15, 0.2) is 17.5 Å². The van der Waals surface area contributed by atoms with Crippen molar-refractivity contribution in [1.82, 2.24) is 5.32 Å². The Morgan fingerprint density at radius 3 is 2.08 bits per heavy atom. The van der Waals surface area contributed by atoms with E-state index in [4.69, 9.17) is 33.2 Å². The van der Waals surface area contributed by atoms with Gasteiger partial charge in [-0.05, 0) is 63.5 Å². The van der Waals surface area contributed by atoms with E-state index in [1.54, 1.807) is 109 Å². The van der Waals surface area contributed by atoms with Crippen molar-refractivity contribution in [2.75, 3.05) is 20.8 Å². The molecule has 6 rings (SSSR count). The van der Waals surface area contributed by atoms with Crippen LogP contribution in [-0.4, -0.2) is 114 Å². The lowest BCUT2D eigenvalue weighted by Gasteiger charge is -2.67. The Hall–Kier alpha value is -4.67. The van der Waals surface area contributed by atoms with Gasteiger partial charge in [0, 0.05) is 39.4 Å². The van der Waals surface area contributed by atoms with E-state index in [-0.39, 0.29) is 24.2 Å².